The number of carbonyl (C=O) groups excluding carboxylic acids is 1. The molecule has 1 atom stereocenters. The maximum atomic E-state index is 13.1. The maximum Gasteiger partial charge on any atom is 0.339 e. The summed E-state index contributed by atoms with van der Waals surface area (Å²) in [5.74, 6) is 0.0741. The van der Waals surface area contributed by atoms with Crippen molar-refractivity contribution in [3.8, 4) is 0 Å². The minimum absolute atomic E-state index is 0.316. The van der Waals surface area contributed by atoms with E-state index in [2.05, 4.69) is 19.5 Å². The van der Waals surface area contributed by atoms with Crippen molar-refractivity contribution in [1.82, 2.24) is 14.6 Å². The summed E-state index contributed by atoms with van der Waals surface area (Å²) in [5, 5.41) is 0. The second-order valence-corrected chi connectivity index (χ2v) is 9.60. The summed E-state index contributed by atoms with van der Waals surface area (Å²) in [5.41, 5.74) is 1.21. The summed E-state index contributed by atoms with van der Waals surface area (Å²) < 4.78 is 44.4. The number of pyridine rings is 1. The van der Waals surface area contributed by atoms with E-state index in [9.17, 15) is 17.6 Å². The van der Waals surface area contributed by atoms with Crippen molar-refractivity contribution in [1.29, 1.82) is 0 Å². The SMILES string of the molecule is CCOC(=O)c1ccc(N2CCN(CC(C=Cc3ccc(F)cc3)NS(C)(=O)=O)CC2)nc1. The summed E-state index contributed by atoms with van der Waals surface area (Å²) in [6, 6.07) is 9.11. The number of rotatable bonds is 9. The molecule has 1 aliphatic heterocycles. The van der Waals surface area contributed by atoms with Crippen molar-refractivity contribution in [2.45, 2.75) is 13.0 Å². The molecule has 3 rings (SSSR count). The van der Waals surface area contributed by atoms with Gasteiger partial charge in [-0.1, -0.05) is 24.3 Å². The molecule has 0 saturated carbocycles. The zero-order chi connectivity index (χ0) is 23.8. The highest BCUT2D eigenvalue weighted by Gasteiger charge is 2.22. The second-order valence-electron chi connectivity index (χ2n) is 7.82. The molecule has 1 fully saturated rings. The van der Waals surface area contributed by atoms with E-state index in [4.69, 9.17) is 4.74 Å². The Morgan fingerprint density at radius 1 is 1.18 bits per heavy atom. The van der Waals surface area contributed by atoms with Crippen LogP contribution in [0.5, 0.6) is 0 Å². The molecule has 178 valence electrons. The first-order chi connectivity index (χ1) is 15.7. The lowest BCUT2D eigenvalue weighted by Crippen LogP contribution is -2.51. The van der Waals surface area contributed by atoms with Crippen LogP contribution in [-0.4, -0.2) is 75.9 Å². The van der Waals surface area contributed by atoms with Crippen LogP contribution in [0, 0.1) is 5.82 Å². The van der Waals surface area contributed by atoms with Crippen molar-refractivity contribution in [2.75, 3.05) is 50.5 Å². The van der Waals surface area contributed by atoms with E-state index in [-0.39, 0.29) is 11.8 Å². The predicted octanol–water partition coefficient (Wildman–Crippen LogP) is 2.15. The van der Waals surface area contributed by atoms with Crippen LogP contribution < -0.4 is 9.62 Å². The van der Waals surface area contributed by atoms with E-state index in [0.717, 1.165) is 43.8 Å². The van der Waals surface area contributed by atoms with Gasteiger partial charge in [0.15, 0.2) is 0 Å². The molecule has 0 amide bonds. The van der Waals surface area contributed by atoms with E-state index in [1.165, 1.54) is 18.3 Å². The molecule has 1 aromatic heterocycles. The van der Waals surface area contributed by atoms with E-state index in [1.807, 2.05) is 0 Å². The second kappa shape index (κ2) is 11.4. The summed E-state index contributed by atoms with van der Waals surface area (Å²) in [6.07, 6.45) is 6.23. The first-order valence-electron chi connectivity index (χ1n) is 10.7. The standard InChI is InChI=1S/C23H29FN4O4S/c1-3-32-23(29)19-7-11-22(25-16-19)28-14-12-27(13-15-28)17-21(26-33(2,30)31)10-6-18-4-8-20(24)9-5-18/h4-11,16,21,26H,3,12-15,17H2,1-2H3. The van der Waals surface area contributed by atoms with Crippen molar-refractivity contribution in [3.63, 3.8) is 0 Å². The Morgan fingerprint density at radius 3 is 2.45 bits per heavy atom. The number of halogens is 1. The first-order valence-corrected chi connectivity index (χ1v) is 12.6. The van der Waals surface area contributed by atoms with Crippen molar-refractivity contribution < 1.29 is 22.3 Å². The Morgan fingerprint density at radius 2 is 1.88 bits per heavy atom. The van der Waals surface area contributed by atoms with Gasteiger partial charge in [-0.05, 0) is 36.8 Å². The lowest BCUT2D eigenvalue weighted by molar-refractivity contribution is 0.0526. The van der Waals surface area contributed by atoms with Gasteiger partial charge in [0, 0.05) is 38.9 Å². The molecule has 8 nitrogen and oxygen atoms in total. The smallest absolute Gasteiger partial charge is 0.339 e. The Labute approximate surface area is 194 Å². The number of piperazine rings is 1. The molecule has 0 aliphatic carbocycles. The molecule has 0 spiro atoms. The summed E-state index contributed by atoms with van der Waals surface area (Å²) in [6.45, 7) is 5.48. The largest absolute Gasteiger partial charge is 0.462 e. The highest BCUT2D eigenvalue weighted by atomic mass is 32.2. The number of nitrogens with one attached hydrogen (secondary N) is 1. The highest BCUT2D eigenvalue weighted by molar-refractivity contribution is 7.88. The number of esters is 1. The van der Waals surface area contributed by atoms with E-state index in [0.29, 0.717) is 18.7 Å². The molecule has 1 unspecified atom stereocenters. The number of sulfonamides is 1. The van der Waals surface area contributed by atoms with Crippen LogP contribution in [0.1, 0.15) is 22.8 Å². The van der Waals surface area contributed by atoms with Gasteiger partial charge in [0.05, 0.1) is 24.5 Å². The number of nitrogens with zero attached hydrogens (tertiary/aromatic N) is 3. The molecule has 1 saturated heterocycles. The number of hydrogen-bond acceptors (Lipinski definition) is 7. The fourth-order valence-electron chi connectivity index (χ4n) is 3.56. The van der Waals surface area contributed by atoms with E-state index < -0.39 is 16.1 Å². The topological polar surface area (TPSA) is 91.8 Å². The molecule has 0 bridgehead atoms. The maximum absolute atomic E-state index is 13.1. The van der Waals surface area contributed by atoms with Crippen LogP contribution in [0.4, 0.5) is 10.2 Å². The monoisotopic (exact) mass is 476 g/mol. The zero-order valence-electron chi connectivity index (χ0n) is 18.8. The van der Waals surface area contributed by atoms with Crippen LogP contribution in [0.2, 0.25) is 0 Å². The minimum atomic E-state index is -3.40. The Balaban J connectivity index is 1.58. The number of benzene rings is 1. The molecular weight excluding hydrogens is 447 g/mol. The third kappa shape index (κ3) is 7.92. The van der Waals surface area contributed by atoms with Gasteiger partial charge < -0.3 is 9.64 Å². The Hall–Kier alpha value is -2.82. The summed E-state index contributed by atoms with van der Waals surface area (Å²) in [4.78, 5) is 20.5. The van der Waals surface area contributed by atoms with Gasteiger partial charge in [-0.25, -0.2) is 27.3 Å². The number of anilines is 1. The van der Waals surface area contributed by atoms with Gasteiger partial charge in [0.1, 0.15) is 11.6 Å². The fraction of sp³-hybridized carbons (Fsp3) is 0.391. The lowest BCUT2D eigenvalue weighted by Gasteiger charge is -2.36. The summed E-state index contributed by atoms with van der Waals surface area (Å²) >= 11 is 0. The van der Waals surface area contributed by atoms with Gasteiger partial charge in [0.2, 0.25) is 10.0 Å². The normalized spacial score (nSPS) is 16.2. The third-order valence-electron chi connectivity index (χ3n) is 5.17. The number of hydrogen-bond donors (Lipinski definition) is 1. The van der Waals surface area contributed by atoms with Gasteiger partial charge in [0.25, 0.3) is 0 Å². The quantitative estimate of drug-likeness (QED) is 0.555. The molecule has 1 N–H and O–H groups in total. The van der Waals surface area contributed by atoms with Crippen LogP contribution in [0.15, 0.2) is 48.7 Å². The van der Waals surface area contributed by atoms with E-state index >= 15 is 0 Å². The van der Waals surface area contributed by atoms with Crippen molar-refractivity contribution >= 4 is 27.9 Å². The number of aromatic nitrogens is 1. The molecule has 10 heteroatoms. The van der Waals surface area contributed by atoms with Gasteiger partial charge in [-0.15, -0.1) is 0 Å². The first kappa shape index (κ1) is 24.8. The van der Waals surface area contributed by atoms with Gasteiger partial charge in [-0.2, -0.15) is 0 Å². The van der Waals surface area contributed by atoms with E-state index in [1.54, 1.807) is 43.3 Å². The van der Waals surface area contributed by atoms with Crippen LogP contribution in [0.3, 0.4) is 0 Å². The zero-order valence-corrected chi connectivity index (χ0v) is 19.6. The highest BCUT2D eigenvalue weighted by Crippen LogP contribution is 2.15. The average molecular weight is 477 g/mol. The van der Waals surface area contributed by atoms with Crippen molar-refractivity contribution in [3.05, 3.63) is 65.6 Å². The number of ether oxygens (including phenoxy) is 1. The third-order valence-corrected chi connectivity index (χ3v) is 5.90. The minimum Gasteiger partial charge on any atom is -0.462 e. The van der Waals surface area contributed by atoms with Crippen LogP contribution in [0.25, 0.3) is 6.08 Å². The lowest BCUT2D eigenvalue weighted by atomic mass is 10.1. The Bertz CT molecular complexity index is 1050. The number of carbonyl (C=O) groups is 1. The van der Waals surface area contributed by atoms with Crippen LogP contribution in [-0.2, 0) is 14.8 Å². The van der Waals surface area contributed by atoms with Crippen LogP contribution >= 0.6 is 0 Å². The van der Waals surface area contributed by atoms with Crippen molar-refractivity contribution in [2.24, 2.45) is 0 Å². The summed E-state index contributed by atoms with van der Waals surface area (Å²) in [7, 11) is -3.40. The molecule has 1 aliphatic rings. The molecule has 1 aromatic carbocycles. The molecule has 0 radical (unpaired) electrons. The molecule has 2 aromatic rings. The molecular formula is C23H29FN4O4S. The average Bonchev–Trinajstić information content (AvgIpc) is 2.78. The van der Waals surface area contributed by atoms with Gasteiger partial charge >= 0.3 is 5.97 Å². The predicted molar refractivity (Wildman–Crippen MR) is 126 cm³/mol. The molecule has 33 heavy (non-hydrogen) atoms. The Kier molecular flexibility index (Phi) is 8.54. The van der Waals surface area contributed by atoms with Gasteiger partial charge in [-0.3, -0.25) is 4.90 Å². The fourth-order valence-corrected chi connectivity index (χ4v) is 4.26. The molecule has 2 heterocycles.